The van der Waals surface area contributed by atoms with Gasteiger partial charge in [-0.05, 0) is 25.2 Å². The lowest BCUT2D eigenvalue weighted by Gasteiger charge is -2.28. The van der Waals surface area contributed by atoms with Crippen LogP contribution in [0.4, 0.5) is 0 Å². The smallest absolute Gasteiger partial charge is 0.309 e. The van der Waals surface area contributed by atoms with Crippen molar-refractivity contribution in [3.05, 3.63) is 24.3 Å². The first-order chi connectivity index (χ1) is 26.2. The number of phosphoric acid groups is 1. The van der Waals surface area contributed by atoms with Crippen LogP contribution < -0.4 is 4.89 Å². The molecule has 0 amide bonds. The highest BCUT2D eigenvalue weighted by Gasteiger charge is 2.39. The van der Waals surface area contributed by atoms with Gasteiger partial charge >= 0.3 is 11.9 Å². The number of nitrogens with zero attached hydrogens (tertiary/aromatic N) is 1. The normalized spacial score (nSPS) is 21.3. The molecule has 0 aromatic carbocycles. The second-order valence-electron chi connectivity index (χ2n) is 16.3. The van der Waals surface area contributed by atoms with E-state index < -0.39 is 57.4 Å². The molecule has 0 radical (unpaired) electrons. The van der Waals surface area contributed by atoms with Gasteiger partial charge in [0.25, 0.3) is 7.82 Å². The van der Waals surface area contributed by atoms with Crippen LogP contribution in [0.3, 0.4) is 0 Å². The van der Waals surface area contributed by atoms with Gasteiger partial charge in [-0.3, -0.25) is 14.2 Å². The summed E-state index contributed by atoms with van der Waals surface area (Å²) in [5.74, 6) is -1.73. The monoisotopic (exact) mass is 804 g/mol. The number of aliphatic hydroxyl groups excluding tert-OH is 3. The number of esters is 2. The van der Waals surface area contributed by atoms with Gasteiger partial charge < -0.3 is 43.2 Å². The van der Waals surface area contributed by atoms with E-state index in [1.807, 2.05) is 21.1 Å². The molecular formula is C42H78NO11P. The van der Waals surface area contributed by atoms with E-state index in [1.165, 1.54) is 57.8 Å². The minimum Gasteiger partial charge on any atom is -0.756 e. The third kappa shape index (κ3) is 27.6. The Labute approximate surface area is 333 Å². The van der Waals surface area contributed by atoms with E-state index in [0.717, 1.165) is 38.5 Å². The first-order valence-corrected chi connectivity index (χ1v) is 22.8. The molecule has 13 heteroatoms. The Balaban J connectivity index is 2.58. The summed E-state index contributed by atoms with van der Waals surface area (Å²) in [5, 5.41) is 31.3. The number of aliphatic hydroxyl groups is 3. The Morgan fingerprint density at radius 3 is 1.98 bits per heavy atom. The number of likely N-dealkylation sites (N-methyl/N-ethyl adjacent to an activating group) is 1. The summed E-state index contributed by atoms with van der Waals surface area (Å²) < 4.78 is 33.7. The Morgan fingerprint density at radius 1 is 0.800 bits per heavy atom. The fourth-order valence-electron chi connectivity index (χ4n) is 6.63. The van der Waals surface area contributed by atoms with Gasteiger partial charge in [0.15, 0.2) is 6.10 Å². The van der Waals surface area contributed by atoms with Crippen molar-refractivity contribution in [2.45, 2.75) is 173 Å². The Morgan fingerprint density at radius 2 is 1.38 bits per heavy atom. The van der Waals surface area contributed by atoms with E-state index in [9.17, 15) is 34.4 Å². The Bertz CT molecular complexity index is 1110. The van der Waals surface area contributed by atoms with Gasteiger partial charge in [-0.1, -0.05) is 134 Å². The number of allylic oxidation sites excluding steroid dienone is 1. The summed E-state index contributed by atoms with van der Waals surface area (Å²) in [4.78, 5) is 37.7. The molecular weight excluding hydrogens is 725 g/mol. The second kappa shape index (κ2) is 30.4. The van der Waals surface area contributed by atoms with Crippen molar-refractivity contribution < 1.29 is 57.4 Å². The van der Waals surface area contributed by atoms with Crippen molar-refractivity contribution in [3.8, 4) is 0 Å². The van der Waals surface area contributed by atoms with Gasteiger partial charge in [-0.2, -0.15) is 0 Å². The largest absolute Gasteiger partial charge is 0.756 e. The molecule has 12 nitrogen and oxygen atoms in total. The third-order valence-electron chi connectivity index (χ3n) is 10.1. The van der Waals surface area contributed by atoms with Crippen LogP contribution in [-0.2, 0) is 32.7 Å². The zero-order valence-electron chi connectivity index (χ0n) is 35.0. The predicted octanol–water partition coefficient (Wildman–Crippen LogP) is 7.32. The van der Waals surface area contributed by atoms with E-state index in [0.29, 0.717) is 30.3 Å². The Hall–Kier alpha value is -1.63. The molecule has 1 saturated carbocycles. The van der Waals surface area contributed by atoms with Crippen molar-refractivity contribution in [1.29, 1.82) is 0 Å². The summed E-state index contributed by atoms with van der Waals surface area (Å²) in [6, 6.07) is 0. The summed E-state index contributed by atoms with van der Waals surface area (Å²) in [6.45, 7) is 3.74. The highest BCUT2D eigenvalue weighted by molar-refractivity contribution is 7.45. The number of rotatable bonds is 34. The van der Waals surface area contributed by atoms with Crippen LogP contribution in [0, 0.1) is 11.8 Å². The molecule has 1 unspecified atom stereocenters. The maximum absolute atomic E-state index is 12.7. The van der Waals surface area contributed by atoms with Gasteiger partial charge in [-0.15, -0.1) is 0 Å². The summed E-state index contributed by atoms with van der Waals surface area (Å²) in [5.41, 5.74) is 0. The first kappa shape index (κ1) is 51.4. The van der Waals surface area contributed by atoms with Crippen LogP contribution in [0.5, 0.6) is 0 Å². The summed E-state index contributed by atoms with van der Waals surface area (Å²) in [7, 11) is 0.998. The number of phosphoric ester groups is 1. The van der Waals surface area contributed by atoms with Crippen LogP contribution in [-0.4, -0.2) is 104 Å². The molecule has 0 heterocycles. The predicted molar refractivity (Wildman–Crippen MR) is 215 cm³/mol. The molecule has 1 fully saturated rings. The Kier molecular flexibility index (Phi) is 28.4. The molecule has 0 aromatic heterocycles. The van der Waals surface area contributed by atoms with Gasteiger partial charge in [0, 0.05) is 18.8 Å². The van der Waals surface area contributed by atoms with Crippen molar-refractivity contribution in [3.63, 3.8) is 0 Å². The quantitative estimate of drug-likeness (QED) is 0.0196. The topological polar surface area (TPSA) is 172 Å². The molecule has 0 saturated heterocycles. The molecule has 0 spiro atoms. The molecule has 1 aliphatic carbocycles. The van der Waals surface area contributed by atoms with Crippen LogP contribution in [0.15, 0.2) is 24.3 Å². The molecule has 0 bridgehead atoms. The van der Waals surface area contributed by atoms with E-state index >= 15 is 0 Å². The number of ether oxygens (including phenoxy) is 2. The standard InChI is InChI=1S/C42H78NO11P/c1-6-8-10-11-12-13-14-15-16-17-18-19-21-27-42(48)54-36(34-53-55(49,50)52-31-30-43(3,4)5)33-51-41(47)26-23-22-25-37-38(40(46)32-39(37)45)29-28-35(44)24-20-9-7-2/h22-23,28-29,35-40,44-46H,6-21,24-27,30-34H2,1-5H3/b23-22-,29-28+/t35-,36-,37+,38-,39+,40-/m1/s1. The average molecular weight is 804 g/mol. The zero-order chi connectivity index (χ0) is 41.0. The van der Waals surface area contributed by atoms with Crippen LogP contribution in [0.25, 0.3) is 0 Å². The average Bonchev–Trinajstić information content (AvgIpc) is 3.39. The van der Waals surface area contributed by atoms with E-state index in [1.54, 1.807) is 24.3 Å². The summed E-state index contributed by atoms with van der Waals surface area (Å²) >= 11 is 0. The van der Waals surface area contributed by atoms with Crippen molar-refractivity contribution in [2.75, 3.05) is 47.5 Å². The second-order valence-corrected chi connectivity index (χ2v) is 17.8. The minimum atomic E-state index is -4.70. The number of unbranched alkanes of at least 4 members (excludes halogenated alkanes) is 14. The molecule has 0 aromatic rings. The van der Waals surface area contributed by atoms with Crippen LogP contribution in [0.1, 0.15) is 149 Å². The number of hydrogen-bond acceptors (Lipinski definition) is 11. The molecule has 322 valence electrons. The molecule has 3 N–H and O–H groups in total. The SMILES string of the molecule is CCCCCCCCCCCCCCCC(=O)O[C@H](COC(=O)C/C=C\C[C@H]1[C@@H](/C=C/[C@H](O)CCCCC)[C@H](O)C[C@@H]1O)COP(=O)([O-])OCC[N+](C)(C)C. The third-order valence-corrected chi connectivity index (χ3v) is 11.0. The molecule has 1 aliphatic rings. The molecule has 55 heavy (non-hydrogen) atoms. The van der Waals surface area contributed by atoms with E-state index in [2.05, 4.69) is 13.8 Å². The van der Waals surface area contributed by atoms with Crippen molar-refractivity contribution >= 4 is 19.8 Å². The van der Waals surface area contributed by atoms with Gasteiger partial charge in [0.05, 0.1) is 52.5 Å². The fraction of sp³-hybridized carbons (Fsp3) is 0.857. The zero-order valence-corrected chi connectivity index (χ0v) is 35.8. The number of carbonyl (C=O) groups is 2. The van der Waals surface area contributed by atoms with Crippen LogP contribution in [0.2, 0.25) is 0 Å². The highest BCUT2D eigenvalue weighted by Crippen LogP contribution is 2.38. The summed E-state index contributed by atoms with van der Waals surface area (Å²) in [6.07, 6.45) is 23.4. The minimum absolute atomic E-state index is 0.0794. The molecule has 1 rings (SSSR count). The lowest BCUT2D eigenvalue weighted by molar-refractivity contribution is -0.870. The van der Waals surface area contributed by atoms with Gasteiger partial charge in [-0.25, -0.2) is 0 Å². The van der Waals surface area contributed by atoms with Crippen molar-refractivity contribution in [2.24, 2.45) is 11.8 Å². The first-order valence-electron chi connectivity index (χ1n) is 21.3. The lowest BCUT2D eigenvalue weighted by atomic mass is 9.89. The van der Waals surface area contributed by atoms with Crippen molar-refractivity contribution in [1.82, 2.24) is 0 Å². The maximum atomic E-state index is 12.7. The molecule has 0 aliphatic heterocycles. The highest BCUT2D eigenvalue weighted by atomic mass is 31.2. The lowest BCUT2D eigenvalue weighted by Crippen LogP contribution is -2.37. The van der Waals surface area contributed by atoms with E-state index in [4.69, 9.17) is 18.5 Å². The molecule has 7 atom stereocenters. The van der Waals surface area contributed by atoms with Gasteiger partial charge in [0.1, 0.15) is 19.8 Å². The number of hydrogen-bond donors (Lipinski definition) is 3. The fourth-order valence-corrected chi connectivity index (χ4v) is 7.36. The number of carbonyl (C=O) groups excluding carboxylic acids is 2. The van der Waals surface area contributed by atoms with Crippen LogP contribution >= 0.6 is 7.82 Å². The number of quaternary nitrogens is 1. The maximum Gasteiger partial charge on any atom is 0.309 e. The van der Waals surface area contributed by atoms with Gasteiger partial charge in [0.2, 0.25) is 0 Å². The van der Waals surface area contributed by atoms with E-state index in [-0.39, 0.29) is 37.7 Å².